The zero-order valence-electron chi connectivity index (χ0n) is 14.3. The molecule has 2 aromatic rings. The highest BCUT2D eigenvalue weighted by Gasteiger charge is 2.23. The van der Waals surface area contributed by atoms with Crippen LogP contribution in [0.3, 0.4) is 0 Å². The summed E-state index contributed by atoms with van der Waals surface area (Å²) in [6.07, 6.45) is 1.98. The third-order valence-corrected chi connectivity index (χ3v) is 5.28. The minimum Gasteiger partial charge on any atom is -0.376 e. The van der Waals surface area contributed by atoms with E-state index in [1.807, 2.05) is 31.2 Å². The predicted octanol–water partition coefficient (Wildman–Crippen LogP) is 2.18. The fraction of sp³-hybridized carbons (Fsp3) is 0.471. The summed E-state index contributed by atoms with van der Waals surface area (Å²) in [6, 6.07) is 7.62. The van der Waals surface area contributed by atoms with E-state index in [9.17, 15) is 9.59 Å². The lowest BCUT2D eigenvalue weighted by atomic mass is 10.2. The van der Waals surface area contributed by atoms with Crippen molar-refractivity contribution in [2.75, 3.05) is 11.9 Å². The molecule has 3 rings (SSSR count). The minimum absolute atomic E-state index is 0.0331. The third kappa shape index (κ3) is 4.32. The lowest BCUT2D eigenvalue weighted by Crippen LogP contribution is -2.27. The largest absolute Gasteiger partial charge is 0.376 e. The SMILES string of the molecule is Cc1ccccc1NC(=O)[C@@H](C)Sc1n[nH]c(=O)n1C[C@@H]1CCCO1. The highest BCUT2D eigenvalue weighted by atomic mass is 32.2. The molecule has 0 radical (unpaired) electrons. The van der Waals surface area contributed by atoms with Crippen molar-refractivity contribution in [2.24, 2.45) is 0 Å². The van der Waals surface area contributed by atoms with Crippen LogP contribution in [0.25, 0.3) is 0 Å². The van der Waals surface area contributed by atoms with Crippen molar-refractivity contribution >= 4 is 23.4 Å². The number of nitrogens with one attached hydrogen (secondary N) is 2. The molecule has 2 atom stereocenters. The molecular weight excluding hydrogens is 340 g/mol. The van der Waals surface area contributed by atoms with Crippen LogP contribution in [-0.2, 0) is 16.1 Å². The van der Waals surface area contributed by atoms with Crippen molar-refractivity contribution in [1.29, 1.82) is 0 Å². The molecule has 1 aromatic carbocycles. The molecule has 1 aliphatic rings. The van der Waals surface area contributed by atoms with E-state index in [1.165, 1.54) is 11.8 Å². The normalized spacial score (nSPS) is 18.2. The molecular formula is C17H22N4O3S. The van der Waals surface area contributed by atoms with E-state index in [2.05, 4.69) is 15.5 Å². The van der Waals surface area contributed by atoms with Crippen LogP contribution in [0.1, 0.15) is 25.3 Å². The van der Waals surface area contributed by atoms with E-state index in [4.69, 9.17) is 4.74 Å². The minimum atomic E-state index is -0.391. The number of H-pyrrole nitrogens is 1. The smallest absolute Gasteiger partial charge is 0.344 e. The van der Waals surface area contributed by atoms with Gasteiger partial charge >= 0.3 is 5.69 Å². The van der Waals surface area contributed by atoms with E-state index in [-0.39, 0.29) is 17.7 Å². The van der Waals surface area contributed by atoms with Crippen molar-refractivity contribution < 1.29 is 9.53 Å². The number of rotatable bonds is 6. The Morgan fingerprint density at radius 2 is 2.32 bits per heavy atom. The van der Waals surface area contributed by atoms with Gasteiger partial charge in [0.05, 0.1) is 17.9 Å². The number of hydrogen-bond acceptors (Lipinski definition) is 5. The summed E-state index contributed by atoms with van der Waals surface area (Å²) in [6.45, 7) is 4.94. The highest BCUT2D eigenvalue weighted by Crippen LogP contribution is 2.23. The first kappa shape index (κ1) is 17.8. The van der Waals surface area contributed by atoms with Gasteiger partial charge in [-0.3, -0.25) is 9.36 Å². The zero-order valence-corrected chi connectivity index (χ0v) is 15.1. The summed E-state index contributed by atoms with van der Waals surface area (Å²) in [5.74, 6) is -0.126. The topological polar surface area (TPSA) is 89.0 Å². The Bertz CT molecular complexity index is 795. The first-order valence-electron chi connectivity index (χ1n) is 8.34. The molecule has 1 fully saturated rings. The van der Waals surface area contributed by atoms with E-state index in [0.29, 0.717) is 11.7 Å². The van der Waals surface area contributed by atoms with Crippen molar-refractivity contribution in [3.05, 3.63) is 40.3 Å². The maximum atomic E-state index is 12.4. The number of hydrogen-bond donors (Lipinski definition) is 2. The number of aromatic amines is 1. The van der Waals surface area contributed by atoms with Gasteiger partial charge in [0.1, 0.15) is 0 Å². The molecule has 134 valence electrons. The number of carbonyl (C=O) groups excluding carboxylic acids is 1. The Labute approximate surface area is 150 Å². The van der Waals surface area contributed by atoms with Gasteiger partial charge in [-0.2, -0.15) is 0 Å². The number of aromatic nitrogens is 3. The molecule has 8 heteroatoms. The number of carbonyl (C=O) groups is 1. The van der Waals surface area contributed by atoms with Crippen molar-refractivity contribution in [1.82, 2.24) is 14.8 Å². The Morgan fingerprint density at radius 3 is 3.04 bits per heavy atom. The monoisotopic (exact) mass is 362 g/mol. The molecule has 25 heavy (non-hydrogen) atoms. The van der Waals surface area contributed by atoms with Gasteiger partial charge in [0, 0.05) is 12.3 Å². The summed E-state index contributed by atoms with van der Waals surface area (Å²) in [5.41, 5.74) is 1.52. The van der Waals surface area contributed by atoms with Gasteiger partial charge in [0.2, 0.25) is 5.91 Å². The summed E-state index contributed by atoms with van der Waals surface area (Å²) in [4.78, 5) is 24.4. The number of benzene rings is 1. The molecule has 0 bridgehead atoms. The van der Waals surface area contributed by atoms with Gasteiger partial charge in [0.25, 0.3) is 0 Å². The highest BCUT2D eigenvalue weighted by molar-refractivity contribution is 8.00. The Kier molecular flexibility index (Phi) is 5.60. The number of nitrogens with zero attached hydrogens (tertiary/aromatic N) is 2. The average molecular weight is 362 g/mol. The number of amides is 1. The number of thioether (sulfide) groups is 1. The second kappa shape index (κ2) is 7.88. The van der Waals surface area contributed by atoms with Crippen molar-refractivity contribution in [3.8, 4) is 0 Å². The maximum Gasteiger partial charge on any atom is 0.344 e. The number of aryl methyl sites for hydroxylation is 1. The van der Waals surface area contributed by atoms with Crippen molar-refractivity contribution in [2.45, 2.75) is 49.7 Å². The van der Waals surface area contributed by atoms with Crippen LogP contribution >= 0.6 is 11.8 Å². The van der Waals surface area contributed by atoms with E-state index >= 15 is 0 Å². The van der Waals surface area contributed by atoms with Crippen LogP contribution in [0.2, 0.25) is 0 Å². The molecule has 0 unspecified atom stereocenters. The number of ether oxygens (including phenoxy) is 1. The first-order chi connectivity index (χ1) is 12.0. The van der Waals surface area contributed by atoms with Crippen LogP contribution in [0.4, 0.5) is 5.69 Å². The van der Waals surface area contributed by atoms with Gasteiger partial charge in [0.15, 0.2) is 5.16 Å². The molecule has 1 aromatic heterocycles. The Balaban J connectivity index is 1.66. The number of para-hydroxylation sites is 1. The summed E-state index contributed by atoms with van der Waals surface area (Å²) < 4.78 is 7.14. The van der Waals surface area contributed by atoms with Crippen molar-refractivity contribution in [3.63, 3.8) is 0 Å². The summed E-state index contributed by atoms with van der Waals surface area (Å²) in [5, 5.41) is 9.56. The van der Waals surface area contributed by atoms with Gasteiger partial charge in [-0.1, -0.05) is 30.0 Å². The van der Waals surface area contributed by atoms with Gasteiger partial charge in [-0.25, -0.2) is 9.89 Å². The van der Waals surface area contributed by atoms with E-state index in [0.717, 1.165) is 30.7 Å². The standard InChI is InChI=1S/C17H22N4O3S/c1-11-6-3-4-8-14(11)18-15(22)12(2)25-17-20-19-16(23)21(17)10-13-7-5-9-24-13/h3-4,6,8,12-13H,5,7,9-10H2,1-2H3,(H,18,22)(H,19,23)/t12-,13+/m1/s1. The quantitative estimate of drug-likeness (QED) is 0.769. The summed E-state index contributed by atoms with van der Waals surface area (Å²) in [7, 11) is 0. The van der Waals surface area contributed by atoms with E-state index in [1.54, 1.807) is 11.5 Å². The predicted molar refractivity (Wildman–Crippen MR) is 96.9 cm³/mol. The molecule has 1 saturated heterocycles. The van der Waals surface area contributed by atoms with Crippen LogP contribution in [0.15, 0.2) is 34.2 Å². The second-order valence-electron chi connectivity index (χ2n) is 6.12. The Morgan fingerprint density at radius 1 is 1.52 bits per heavy atom. The van der Waals surface area contributed by atoms with Crippen LogP contribution in [0.5, 0.6) is 0 Å². The zero-order chi connectivity index (χ0) is 17.8. The number of anilines is 1. The maximum absolute atomic E-state index is 12.4. The fourth-order valence-corrected chi connectivity index (χ4v) is 3.57. The fourth-order valence-electron chi connectivity index (χ4n) is 2.71. The lowest BCUT2D eigenvalue weighted by Gasteiger charge is -2.14. The van der Waals surface area contributed by atoms with Crippen LogP contribution in [-0.4, -0.2) is 38.6 Å². The van der Waals surface area contributed by atoms with Gasteiger partial charge in [-0.15, -0.1) is 5.10 Å². The first-order valence-corrected chi connectivity index (χ1v) is 9.22. The molecule has 0 aliphatic carbocycles. The molecule has 7 nitrogen and oxygen atoms in total. The third-order valence-electron chi connectivity index (χ3n) is 4.19. The molecule has 2 heterocycles. The second-order valence-corrected chi connectivity index (χ2v) is 7.43. The van der Waals surface area contributed by atoms with Gasteiger partial charge < -0.3 is 10.1 Å². The van der Waals surface area contributed by atoms with Gasteiger partial charge in [-0.05, 0) is 38.3 Å². The Hall–Kier alpha value is -2.06. The summed E-state index contributed by atoms with van der Waals surface area (Å²) >= 11 is 1.26. The van der Waals surface area contributed by atoms with E-state index < -0.39 is 5.25 Å². The lowest BCUT2D eigenvalue weighted by molar-refractivity contribution is -0.115. The van der Waals surface area contributed by atoms with Crippen LogP contribution in [0, 0.1) is 6.92 Å². The molecule has 0 spiro atoms. The molecule has 2 N–H and O–H groups in total. The molecule has 0 saturated carbocycles. The molecule has 1 aliphatic heterocycles. The van der Waals surface area contributed by atoms with Crippen LogP contribution < -0.4 is 11.0 Å². The average Bonchev–Trinajstić information content (AvgIpc) is 3.22. The molecule has 1 amide bonds.